The molecule has 1 fully saturated rings. The van der Waals surface area contributed by atoms with Crippen LogP contribution in [0.5, 0.6) is 11.5 Å². The fourth-order valence-corrected chi connectivity index (χ4v) is 2.56. The minimum absolute atomic E-state index is 0.0777. The monoisotopic (exact) mass is 283 g/mol. The van der Waals surface area contributed by atoms with Gasteiger partial charge in [-0.05, 0) is 31.7 Å². The first-order chi connectivity index (χ1) is 9.15. The molecular weight excluding hydrogens is 266 g/mol. The van der Waals surface area contributed by atoms with Gasteiger partial charge in [0.05, 0.1) is 24.8 Å². The van der Waals surface area contributed by atoms with Crippen molar-refractivity contribution in [3.8, 4) is 11.5 Å². The smallest absolute Gasteiger partial charge is 0.178 e. The molecule has 2 N–H and O–H groups in total. The molecule has 1 aromatic rings. The lowest BCUT2D eigenvalue weighted by Gasteiger charge is -2.17. The molecular formula is C14H18ClNO3. The van der Waals surface area contributed by atoms with E-state index < -0.39 is 0 Å². The minimum atomic E-state index is -0.212. The molecule has 4 nitrogen and oxygen atoms in total. The Kier molecular flexibility index (Phi) is 4.66. The SMILES string of the molecule is COc1cc(C(=O)CN)c(Cl)cc1OC1CCCC1. The van der Waals surface area contributed by atoms with E-state index in [1.54, 1.807) is 19.2 Å². The summed E-state index contributed by atoms with van der Waals surface area (Å²) in [5.41, 5.74) is 5.73. The molecule has 0 spiro atoms. The standard InChI is InChI=1S/C14H18ClNO3/c1-18-13-6-10(12(17)8-16)11(15)7-14(13)19-9-4-2-3-5-9/h6-7,9H,2-5,8,16H2,1H3. The number of benzene rings is 1. The van der Waals surface area contributed by atoms with Crippen molar-refractivity contribution in [1.82, 2.24) is 0 Å². The number of ether oxygens (including phenoxy) is 2. The van der Waals surface area contributed by atoms with Crippen LogP contribution in [-0.4, -0.2) is 25.5 Å². The summed E-state index contributed by atoms with van der Waals surface area (Å²) in [6.45, 7) is -0.0777. The van der Waals surface area contributed by atoms with E-state index in [0.717, 1.165) is 12.8 Å². The third-order valence-corrected chi connectivity index (χ3v) is 3.65. The molecule has 1 aliphatic rings. The van der Waals surface area contributed by atoms with Gasteiger partial charge in [-0.2, -0.15) is 0 Å². The van der Waals surface area contributed by atoms with Crippen LogP contribution in [-0.2, 0) is 0 Å². The molecule has 0 radical (unpaired) electrons. The van der Waals surface area contributed by atoms with Gasteiger partial charge < -0.3 is 15.2 Å². The van der Waals surface area contributed by atoms with Crippen LogP contribution in [0.2, 0.25) is 5.02 Å². The summed E-state index contributed by atoms with van der Waals surface area (Å²) >= 11 is 6.11. The average Bonchev–Trinajstić information content (AvgIpc) is 2.91. The predicted molar refractivity (Wildman–Crippen MR) is 74.3 cm³/mol. The Morgan fingerprint density at radius 2 is 2.05 bits per heavy atom. The van der Waals surface area contributed by atoms with Crippen LogP contribution in [0.4, 0.5) is 0 Å². The first-order valence-corrected chi connectivity index (χ1v) is 6.81. The summed E-state index contributed by atoms with van der Waals surface area (Å²) in [6.07, 6.45) is 4.67. The minimum Gasteiger partial charge on any atom is -0.493 e. The third kappa shape index (κ3) is 3.19. The van der Waals surface area contributed by atoms with Crippen molar-refractivity contribution >= 4 is 17.4 Å². The summed E-state index contributed by atoms with van der Waals surface area (Å²) in [6, 6.07) is 3.24. The molecule has 0 aliphatic heterocycles. The fourth-order valence-electron chi connectivity index (χ4n) is 2.30. The van der Waals surface area contributed by atoms with Crippen LogP contribution in [0.15, 0.2) is 12.1 Å². The second-order valence-electron chi connectivity index (χ2n) is 4.63. The number of Topliss-reactive ketones (excluding diaryl/α,β-unsaturated/α-hetero) is 1. The van der Waals surface area contributed by atoms with Gasteiger partial charge in [0.1, 0.15) is 0 Å². The molecule has 0 amide bonds. The Balaban J connectivity index is 2.27. The van der Waals surface area contributed by atoms with Crippen LogP contribution < -0.4 is 15.2 Å². The van der Waals surface area contributed by atoms with Crippen molar-refractivity contribution in [2.24, 2.45) is 5.73 Å². The number of ketones is 1. The van der Waals surface area contributed by atoms with E-state index in [1.807, 2.05) is 0 Å². The Morgan fingerprint density at radius 1 is 1.37 bits per heavy atom. The molecule has 2 rings (SSSR count). The molecule has 19 heavy (non-hydrogen) atoms. The van der Waals surface area contributed by atoms with E-state index in [2.05, 4.69) is 0 Å². The molecule has 5 heteroatoms. The molecule has 1 aromatic carbocycles. The molecule has 0 saturated heterocycles. The number of carbonyl (C=O) groups is 1. The Labute approximate surface area is 117 Å². The highest BCUT2D eigenvalue weighted by Gasteiger charge is 2.20. The highest BCUT2D eigenvalue weighted by Crippen LogP contribution is 2.36. The van der Waals surface area contributed by atoms with Crippen molar-refractivity contribution in [3.63, 3.8) is 0 Å². The number of methoxy groups -OCH3 is 1. The predicted octanol–water partition coefficient (Wildman–Crippen LogP) is 2.81. The second kappa shape index (κ2) is 6.26. The zero-order chi connectivity index (χ0) is 13.8. The quantitative estimate of drug-likeness (QED) is 0.844. The molecule has 0 bridgehead atoms. The molecule has 1 aliphatic carbocycles. The number of halogens is 1. The van der Waals surface area contributed by atoms with Crippen LogP contribution >= 0.6 is 11.6 Å². The van der Waals surface area contributed by atoms with Gasteiger partial charge in [-0.1, -0.05) is 11.6 Å². The second-order valence-corrected chi connectivity index (χ2v) is 5.04. The van der Waals surface area contributed by atoms with E-state index in [1.165, 1.54) is 12.8 Å². The van der Waals surface area contributed by atoms with Gasteiger partial charge in [0.2, 0.25) is 0 Å². The van der Waals surface area contributed by atoms with Gasteiger partial charge in [-0.3, -0.25) is 4.79 Å². The van der Waals surface area contributed by atoms with Gasteiger partial charge in [0.25, 0.3) is 0 Å². The Bertz CT molecular complexity index is 470. The molecule has 0 unspecified atom stereocenters. The van der Waals surface area contributed by atoms with Gasteiger partial charge in [-0.15, -0.1) is 0 Å². The molecule has 0 heterocycles. The van der Waals surface area contributed by atoms with E-state index in [9.17, 15) is 4.79 Å². The van der Waals surface area contributed by atoms with Gasteiger partial charge in [-0.25, -0.2) is 0 Å². The first-order valence-electron chi connectivity index (χ1n) is 6.43. The first kappa shape index (κ1) is 14.2. The normalized spacial score (nSPS) is 15.5. The van der Waals surface area contributed by atoms with E-state index in [0.29, 0.717) is 22.1 Å². The highest BCUT2D eigenvalue weighted by molar-refractivity contribution is 6.34. The van der Waals surface area contributed by atoms with Gasteiger partial charge in [0, 0.05) is 11.6 Å². The van der Waals surface area contributed by atoms with Crippen LogP contribution in [0.3, 0.4) is 0 Å². The number of carbonyl (C=O) groups excluding carboxylic acids is 1. The zero-order valence-corrected chi connectivity index (χ0v) is 11.7. The van der Waals surface area contributed by atoms with Crippen molar-refractivity contribution in [1.29, 1.82) is 0 Å². The summed E-state index contributed by atoms with van der Waals surface area (Å²) in [5, 5.41) is 0.351. The van der Waals surface area contributed by atoms with Crippen molar-refractivity contribution < 1.29 is 14.3 Å². The lowest BCUT2D eigenvalue weighted by molar-refractivity contribution is 0.100. The van der Waals surface area contributed by atoms with E-state index >= 15 is 0 Å². The van der Waals surface area contributed by atoms with Gasteiger partial charge >= 0.3 is 0 Å². The average molecular weight is 284 g/mol. The van der Waals surface area contributed by atoms with Crippen molar-refractivity contribution in [3.05, 3.63) is 22.7 Å². The summed E-state index contributed by atoms with van der Waals surface area (Å²) in [5.74, 6) is 0.900. The summed E-state index contributed by atoms with van der Waals surface area (Å²) < 4.78 is 11.2. The number of hydrogen-bond acceptors (Lipinski definition) is 4. The fraction of sp³-hybridized carbons (Fsp3) is 0.500. The molecule has 0 atom stereocenters. The molecule has 0 aromatic heterocycles. The summed E-state index contributed by atoms with van der Waals surface area (Å²) in [7, 11) is 1.54. The van der Waals surface area contributed by atoms with Crippen LogP contribution in [0.1, 0.15) is 36.0 Å². The zero-order valence-electron chi connectivity index (χ0n) is 10.9. The van der Waals surface area contributed by atoms with Crippen LogP contribution in [0, 0.1) is 0 Å². The lowest BCUT2D eigenvalue weighted by atomic mass is 10.1. The highest BCUT2D eigenvalue weighted by atomic mass is 35.5. The molecule has 104 valence electrons. The Hall–Kier alpha value is -1.26. The van der Waals surface area contributed by atoms with Crippen molar-refractivity contribution in [2.45, 2.75) is 31.8 Å². The number of nitrogens with two attached hydrogens (primary N) is 1. The van der Waals surface area contributed by atoms with Crippen LogP contribution in [0.25, 0.3) is 0 Å². The van der Waals surface area contributed by atoms with Crippen molar-refractivity contribution in [2.75, 3.05) is 13.7 Å². The third-order valence-electron chi connectivity index (χ3n) is 3.33. The summed E-state index contributed by atoms with van der Waals surface area (Å²) in [4.78, 5) is 11.7. The maximum atomic E-state index is 11.7. The lowest BCUT2D eigenvalue weighted by Crippen LogP contribution is -2.15. The topological polar surface area (TPSA) is 61.5 Å². The molecule has 1 saturated carbocycles. The van der Waals surface area contributed by atoms with E-state index in [-0.39, 0.29) is 18.4 Å². The number of rotatable bonds is 5. The largest absolute Gasteiger partial charge is 0.493 e. The maximum absolute atomic E-state index is 11.7. The number of hydrogen-bond donors (Lipinski definition) is 1. The Morgan fingerprint density at radius 3 is 2.63 bits per heavy atom. The van der Waals surface area contributed by atoms with E-state index in [4.69, 9.17) is 26.8 Å². The van der Waals surface area contributed by atoms with Gasteiger partial charge in [0.15, 0.2) is 17.3 Å². The maximum Gasteiger partial charge on any atom is 0.178 e.